The average Bonchev–Trinajstić information content (AvgIpc) is 3.15. The Morgan fingerprint density at radius 1 is 1.22 bits per heavy atom. The molecule has 2 aliphatic rings. The number of nitrogens with zero attached hydrogens (tertiary/aromatic N) is 2. The first-order valence-electron chi connectivity index (χ1n) is 8.35. The van der Waals surface area contributed by atoms with E-state index in [-0.39, 0.29) is 24.7 Å². The molecular formula is C19H14N2O6. The molecular weight excluding hydrogens is 352 g/mol. The van der Waals surface area contributed by atoms with Crippen molar-refractivity contribution in [2.24, 2.45) is 0 Å². The van der Waals surface area contributed by atoms with Crippen molar-refractivity contribution in [1.29, 1.82) is 0 Å². The van der Waals surface area contributed by atoms with Gasteiger partial charge in [-0.2, -0.15) is 4.98 Å². The Morgan fingerprint density at radius 2 is 2.11 bits per heavy atom. The first kappa shape index (κ1) is 15.7. The smallest absolute Gasteiger partial charge is 0.313 e. The van der Waals surface area contributed by atoms with Crippen LogP contribution in [0, 0.1) is 0 Å². The molecule has 0 unspecified atom stereocenters. The van der Waals surface area contributed by atoms with Crippen molar-refractivity contribution < 1.29 is 23.7 Å². The van der Waals surface area contributed by atoms with E-state index >= 15 is 0 Å². The zero-order chi connectivity index (χ0) is 18.5. The third kappa shape index (κ3) is 2.33. The summed E-state index contributed by atoms with van der Waals surface area (Å²) in [4.78, 5) is 29.6. The van der Waals surface area contributed by atoms with Crippen LogP contribution in [0.4, 0.5) is 0 Å². The summed E-state index contributed by atoms with van der Waals surface area (Å²) in [5.41, 5.74) is 1.17. The molecule has 136 valence electrons. The summed E-state index contributed by atoms with van der Waals surface area (Å²) in [6, 6.07) is 8.70. The van der Waals surface area contributed by atoms with Crippen LogP contribution in [0.1, 0.15) is 23.5 Å². The lowest BCUT2D eigenvalue weighted by Crippen LogP contribution is -2.31. The van der Waals surface area contributed by atoms with Gasteiger partial charge < -0.3 is 18.9 Å². The summed E-state index contributed by atoms with van der Waals surface area (Å²) in [7, 11) is 1.52. The number of methoxy groups -OCH3 is 1. The minimum atomic E-state index is -0.526. The van der Waals surface area contributed by atoms with Crippen molar-refractivity contribution in [3.8, 4) is 23.1 Å². The predicted molar refractivity (Wildman–Crippen MR) is 92.7 cm³/mol. The monoisotopic (exact) mass is 366 g/mol. The van der Waals surface area contributed by atoms with Gasteiger partial charge in [0.2, 0.25) is 18.4 Å². The van der Waals surface area contributed by atoms with Gasteiger partial charge in [-0.25, -0.2) is 0 Å². The van der Waals surface area contributed by atoms with Crippen LogP contribution in [0.25, 0.3) is 5.65 Å². The molecule has 1 aromatic carbocycles. The molecule has 0 N–H and O–H groups in total. The zero-order valence-electron chi connectivity index (χ0n) is 14.3. The Kier molecular flexibility index (Phi) is 3.33. The van der Waals surface area contributed by atoms with Gasteiger partial charge in [-0.15, -0.1) is 0 Å². The van der Waals surface area contributed by atoms with Gasteiger partial charge >= 0.3 is 5.97 Å². The molecule has 4 heterocycles. The minimum absolute atomic E-state index is 0.0195. The van der Waals surface area contributed by atoms with Gasteiger partial charge in [0.05, 0.1) is 19.1 Å². The molecule has 0 spiro atoms. The van der Waals surface area contributed by atoms with E-state index < -0.39 is 11.9 Å². The lowest BCUT2D eigenvalue weighted by molar-refractivity contribution is -0.135. The number of hydrogen-bond donors (Lipinski definition) is 0. The number of ether oxygens (including phenoxy) is 4. The molecule has 0 aliphatic carbocycles. The van der Waals surface area contributed by atoms with E-state index in [2.05, 4.69) is 4.98 Å². The number of fused-ring (bicyclic) bond motifs is 3. The summed E-state index contributed by atoms with van der Waals surface area (Å²) >= 11 is 0. The van der Waals surface area contributed by atoms with E-state index in [0.717, 1.165) is 0 Å². The van der Waals surface area contributed by atoms with Gasteiger partial charge in [0.15, 0.2) is 11.5 Å². The predicted octanol–water partition coefficient (Wildman–Crippen LogP) is 1.87. The Hall–Kier alpha value is -3.55. The van der Waals surface area contributed by atoms with E-state index in [1.807, 2.05) is 0 Å². The summed E-state index contributed by atoms with van der Waals surface area (Å²) in [6.07, 6.45) is 1.66. The van der Waals surface area contributed by atoms with Gasteiger partial charge in [0.1, 0.15) is 5.65 Å². The second-order valence-electron chi connectivity index (χ2n) is 6.25. The number of rotatable bonds is 2. The first-order chi connectivity index (χ1) is 13.2. The lowest BCUT2D eigenvalue weighted by Gasteiger charge is -2.24. The maximum Gasteiger partial charge on any atom is 0.313 e. The van der Waals surface area contributed by atoms with Crippen LogP contribution in [0.3, 0.4) is 0 Å². The number of esters is 1. The van der Waals surface area contributed by atoms with Crippen molar-refractivity contribution in [3.63, 3.8) is 0 Å². The standard InChI is InChI=1S/C19H14N2O6/c1-24-12-6-10(7-13-17(12)26-9-25-13)11-8-15(22)27-18-16(11)19(23)21-5-3-2-4-14(21)20-18/h2-7,11H,8-9H2,1H3/t11-/m1/s1. The highest BCUT2D eigenvalue weighted by Gasteiger charge is 2.35. The molecule has 0 saturated carbocycles. The van der Waals surface area contributed by atoms with Crippen LogP contribution in [0.2, 0.25) is 0 Å². The second kappa shape index (κ2) is 5.73. The number of carbonyl (C=O) groups is 1. The number of carbonyl (C=O) groups excluding carboxylic acids is 1. The largest absolute Gasteiger partial charge is 0.493 e. The molecule has 8 nitrogen and oxygen atoms in total. The molecule has 5 rings (SSSR count). The molecule has 0 bridgehead atoms. The van der Waals surface area contributed by atoms with E-state index in [0.29, 0.717) is 34.0 Å². The molecule has 2 aromatic heterocycles. The van der Waals surface area contributed by atoms with Gasteiger partial charge in [-0.05, 0) is 29.8 Å². The Labute approximate surface area is 152 Å². The maximum atomic E-state index is 13.1. The van der Waals surface area contributed by atoms with Crippen LogP contribution >= 0.6 is 0 Å². The van der Waals surface area contributed by atoms with Gasteiger partial charge in [0, 0.05) is 12.1 Å². The molecule has 0 amide bonds. The number of aromatic nitrogens is 2. The quantitative estimate of drug-likeness (QED) is 0.640. The Balaban J connectivity index is 1.75. The summed E-state index contributed by atoms with van der Waals surface area (Å²) in [5.74, 6) is 0.573. The number of pyridine rings is 1. The topological polar surface area (TPSA) is 88.4 Å². The van der Waals surface area contributed by atoms with Crippen molar-refractivity contribution in [3.05, 3.63) is 58.0 Å². The highest BCUT2D eigenvalue weighted by molar-refractivity contribution is 5.77. The number of hydrogen-bond acceptors (Lipinski definition) is 7. The molecule has 27 heavy (non-hydrogen) atoms. The molecule has 0 radical (unpaired) electrons. The molecule has 8 heteroatoms. The molecule has 2 aliphatic heterocycles. The van der Waals surface area contributed by atoms with Crippen molar-refractivity contribution in [1.82, 2.24) is 9.38 Å². The van der Waals surface area contributed by atoms with E-state index in [4.69, 9.17) is 18.9 Å². The highest BCUT2D eigenvalue weighted by Crippen LogP contribution is 2.46. The van der Waals surface area contributed by atoms with Crippen LogP contribution in [0.15, 0.2) is 41.3 Å². The molecule has 3 aromatic rings. The van der Waals surface area contributed by atoms with Crippen molar-refractivity contribution in [2.75, 3.05) is 13.9 Å². The van der Waals surface area contributed by atoms with Crippen molar-refractivity contribution in [2.45, 2.75) is 12.3 Å². The summed E-state index contributed by atoms with van der Waals surface area (Å²) in [5, 5.41) is 0. The third-order valence-corrected chi connectivity index (χ3v) is 4.75. The fourth-order valence-electron chi connectivity index (χ4n) is 3.51. The Bertz CT molecular complexity index is 1150. The normalized spacial score (nSPS) is 17.5. The SMILES string of the molecule is COc1cc([C@H]2CC(=O)Oc3nc4ccccn4c(=O)c32)cc2c1OCO2. The van der Waals surface area contributed by atoms with Crippen LogP contribution < -0.4 is 24.5 Å². The van der Waals surface area contributed by atoms with Gasteiger partial charge in [-0.3, -0.25) is 14.0 Å². The maximum absolute atomic E-state index is 13.1. The van der Waals surface area contributed by atoms with Crippen LogP contribution in [0.5, 0.6) is 23.1 Å². The lowest BCUT2D eigenvalue weighted by atomic mass is 9.87. The van der Waals surface area contributed by atoms with Gasteiger partial charge in [-0.1, -0.05) is 6.07 Å². The Morgan fingerprint density at radius 3 is 2.96 bits per heavy atom. The van der Waals surface area contributed by atoms with Crippen LogP contribution in [-0.2, 0) is 4.79 Å². The van der Waals surface area contributed by atoms with E-state index in [1.165, 1.54) is 11.5 Å². The first-order valence-corrected chi connectivity index (χ1v) is 8.35. The third-order valence-electron chi connectivity index (χ3n) is 4.75. The van der Waals surface area contributed by atoms with E-state index in [9.17, 15) is 9.59 Å². The highest BCUT2D eigenvalue weighted by atomic mass is 16.7. The van der Waals surface area contributed by atoms with Crippen molar-refractivity contribution >= 4 is 11.6 Å². The fourth-order valence-corrected chi connectivity index (χ4v) is 3.51. The average molecular weight is 366 g/mol. The van der Waals surface area contributed by atoms with Crippen LogP contribution in [-0.4, -0.2) is 29.3 Å². The summed E-state index contributed by atoms with van der Waals surface area (Å²) < 4.78 is 23.0. The minimum Gasteiger partial charge on any atom is -0.493 e. The number of benzene rings is 1. The molecule has 0 fully saturated rings. The fraction of sp³-hybridized carbons (Fsp3) is 0.211. The van der Waals surface area contributed by atoms with E-state index in [1.54, 1.807) is 36.5 Å². The molecule has 0 saturated heterocycles. The zero-order valence-corrected chi connectivity index (χ0v) is 14.3. The van der Waals surface area contributed by atoms with Gasteiger partial charge in [0.25, 0.3) is 5.56 Å². The molecule has 1 atom stereocenters. The summed E-state index contributed by atoms with van der Waals surface area (Å²) in [6.45, 7) is 0.0906. The second-order valence-corrected chi connectivity index (χ2v) is 6.25.